The molecule has 0 bridgehead atoms. The molecule has 1 aliphatic heterocycles. The minimum atomic E-state index is -0.541. The Kier molecular flexibility index (Phi) is 5.29. The molecule has 1 unspecified atom stereocenters. The van der Waals surface area contributed by atoms with Crippen LogP contribution in [0, 0.1) is 10.1 Å². The van der Waals surface area contributed by atoms with E-state index < -0.39 is 4.92 Å². The summed E-state index contributed by atoms with van der Waals surface area (Å²) in [4.78, 5) is 24.2. The molecule has 1 aromatic rings. The number of hydrogen-bond donors (Lipinski definition) is 2. The van der Waals surface area contributed by atoms with Gasteiger partial charge in [-0.2, -0.15) is 0 Å². The normalized spacial score (nSPS) is 17.6. The predicted octanol–water partition coefficient (Wildman–Crippen LogP) is 1.16. The molecule has 0 saturated carbocycles. The highest BCUT2D eigenvalue weighted by molar-refractivity contribution is 6.00. The Morgan fingerprint density at radius 1 is 1.50 bits per heavy atom. The van der Waals surface area contributed by atoms with Crippen molar-refractivity contribution in [3.63, 3.8) is 0 Å². The second-order valence-corrected chi connectivity index (χ2v) is 4.56. The Bertz CT molecular complexity index is 523. The van der Waals surface area contributed by atoms with E-state index in [0.29, 0.717) is 13.1 Å². The summed E-state index contributed by atoms with van der Waals surface area (Å²) in [6.45, 7) is 1.00. The van der Waals surface area contributed by atoms with Crippen molar-refractivity contribution in [3.8, 4) is 0 Å². The third-order valence-electron chi connectivity index (χ3n) is 3.39. The Morgan fingerprint density at radius 2 is 2.20 bits per heavy atom. The lowest BCUT2D eigenvalue weighted by molar-refractivity contribution is -0.384. The first-order valence-corrected chi connectivity index (χ1v) is 6.09. The maximum atomic E-state index is 12.4. The van der Waals surface area contributed by atoms with Crippen molar-refractivity contribution in [3.05, 3.63) is 33.9 Å². The van der Waals surface area contributed by atoms with Crippen LogP contribution in [0.2, 0.25) is 0 Å². The predicted molar refractivity (Wildman–Crippen MR) is 77.9 cm³/mol. The van der Waals surface area contributed by atoms with Gasteiger partial charge in [-0.25, -0.2) is 0 Å². The zero-order chi connectivity index (χ0) is 14.0. The molecular weight excluding hydrogens is 284 g/mol. The number of hydrogen-bond acceptors (Lipinski definition) is 5. The van der Waals surface area contributed by atoms with Crippen LogP contribution in [0.25, 0.3) is 0 Å². The van der Waals surface area contributed by atoms with Gasteiger partial charge >= 0.3 is 0 Å². The molecule has 1 heterocycles. The fourth-order valence-corrected chi connectivity index (χ4v) is 2.35. The minimum absolute atomic E-state index is 0. The molecule has 0 aliphatic carbocycles. The van der Waals surface area contributed by atoms with E-state index in [4.69, 9.17) is 11.5 Å². The topological polar surface area (TPSA) is 115 Å². The molecule has 4 N–H and O–H groups in total. The highest BCUT2D eigenvalue weighted by atomic mass is 35.5. The number of nitro groups is 1. The Labute approximate surface area is 122 Å². The van der Waals surface area contributed by atoms with E-state index in [1.54, 1.807) is 4.90 Å². The van der Waals surface area contributed by atoms with Gasteiger partial charge in [-0.15, -0.1) is 12.4 Å². The summed E-state index contributed by atoms with van der Waals surface area (Å²) in [5.74, 6) is -0.283. The number of amides is 1. The lowest BCUT2D eigenvalue weighted by Crippen LogP contribution is -2.40. The molecule has 8 heteroatoms. The van der Waals surface area contributed by atoms with Crippen LogP contribution in [0.1, 0.15) is 23.2 Å². The molecule has 2 rings (SSSR count). The molecule has 20 heavy (non-hydrogen) atoms. The number of carbonyl (C=O) groups is 1. The van der Waals surface area contributed by atoms with Gasteiger partial charge in [0.05, 0.1) is 10.5 Å². The zero-order valence-electron chi connectivity index (χ0n) is 10.8. The van der Waals surface area contributed by atoms with Gasteiger partial charge in [-0.1, -0.05) is 0 Å². The van der Waals surface area contributed by atoms with Gasteiger partial charge in [0, 0.05) is 37.0 Å². The average molecular weight is 301 g/mol. The van der Waals surface area contributed by atoms with E-state index in [9.17, 15) is 14.9 Å². The highest BCUT2D eigenvalue weighted by Crippen LogP contribution is 2.25. The number of halogens is 1. The maximum Gasteiger partial charge on any atom is 0.270 e. The van der Waals surface area contributed by atoms with E-state index in [-0.39, 0.29) is 41.3 Å². The number of nitrogens with zero attached hydrogens (tertiary/aromatic N) is 2. The molecule has 1 atom stereocenters. The van der Waals surface area contributed by atoms with Gasteiger partial charge in [-0.05, 0) is 18.9 Å². The van der Waals surface area contributed by atoms with Crippen molar-refractivity contribution in [2.45, 2.75) is 18.9 Å². The van der Waals surface area contributed by atoms with Crippen molar-refractivity contribution in [2.75, 3.05) is 18.8 Å². The summed E-state index contributed by atoms with van der Waals surface area (Å²) < 4.78 is 0. The number of anilines is 1. The van der Waals surface area contributed by atoms with Crippen LogP contribution < -0.4 is 11.5 Å². The number of benzene rings is 1. The molecule has 7 nitrogen and oxygen atoms in total. The highest BCUT2D eigenvalue weighted by Gasteiger charge is 2.30. The molecule has 1 aliphatic rings. The third kappa shape index (κ3) is 3.00. The van der Waals surface area contributed by atoms with Crippen molar-refractivity contribution < 1.29 is 9.72 Å². The van der Waals surface area contributed by atoms with Crippen LogP contribution in [0.15, 0.2) is 18.2 Å². The monoisotopic (exact) mass is 300 g/mol. The van der Waals surface area contributed by atoms with E-state index in [2.05, 4.69) is 0 Å². The largest absolute Gasteiger partial charge is 0.398 e. The van der Waals surface area contributed by atoms with Crippen LogP contribution in [-0.2, 0) is 0 Å². The molecule has 1 fully saturated rings. The van der Waals surface area contributed by atoms with Crippen molar-refractivity contribution in [2.24, 2.45) is 5.73 Å². The lowest BCUT2D eigenvalue weighted by Gasteiger charge is -2.24. The van der Waals surface area contributed by atoms with Gasteiger partial charge in [0.1, 0.15) is 0 Å². The van der Waals surface area contributed by atoms with Gasteiger partial charge < -0.3 is 16.4 Å². The standard InChI is InChI=1S/C12H16N4O3.ClH/c13-7-9-2-1-5-15(9)12(17)10-6-8(16(18)19)3-4-11(10)14;/h3-4,6,9H,1-2,5,7,13-14H2;1H. The molecule has 0 radical (unpaired) electrons. The van der Waals surface area contributed by atoms with E-state index in [1.807, 2.05) is 0 Å². The summed E-state index contributed by atoms with van der Waals surface area (Å²) in [7, 11) is 0. The number of likely N-dealkylation sites (tertiary alicyclic amines) is 1. The van der Waals surface area contributed by atoms with E-state index in [1.165, 1.54) is 18.2 Å². The molecule has 1 saturated heterocycles. The number of carbonyl (C=O) groups excluding carboxylic acids is 1. The quantitative estimate of drug-likeness (QED) is 0.494. The van der Waals surface area contributed by atoms with E-state index >= 15 is 0 Å². The number of nitro benzene ring substituents is 1. The molecule has 1 amide bonds. The Hall–Kier alpha value is -1.86. The first-order valence-electron chi connectivity index (χ1n) is 6.09. The average Bonchev–Trinajstić information content (AvgIpc) is 2.86. The maximum absolute atomic E-state index is 12.4. The Balaban J connectivity index is 0.00000200. The molecule has 0 spiro atoms. The summed E-state index contributed by atoms with van der Waals surface area (Å²) in [6, 6.07) is 3.89. The van der Waals surface area contributed by atoms with Crippen LogP contribution >= 0.6 is 12.4 Å². The lowest BCUT2D eigenvalue weighted by atomic mass is 10.1. The summed E-state index contributed by atoms with van der Waals surface area (Å²) in [5, 5.41) is 10.7. The third-order valence-corrected chi connectivity index (χ3v) is 3.39. The smallest absolute Gasteiger partial charge is 0.270 e. The Morgan fingerprint density at radius 3 is 2.80 bits per heavy atom. The summed E-state index contributed by atoms with van der Waals surface area (Å²) in [5.41, 5.74) is 11.7. The fourth-order valence-electron chi connectivity index (χ4n) is 2.35. The summed E-state index contributed by atoms with van der Waals surface area (Å²) >= 11 is 0. The fraction of sp³-hybridized carbons (Fsp3) is 0.417. The minimum Gasteiger partial charge on any atom is -0.398 e. The molecule has 1 aromatic carbocycles. The number of nitrogens with two attached hydrogens (primary N) is 2. The second kappa shape index (κ2) is 6.53. The van der Waals surface area contributed by atoms with Crippen LogP contribution in [-0.4, -0.2) is 34.9 Å². The van der Waals surface area contributed by atoms with Crippen LogP contribution in [0.5, 0.6) is 0 Å². The SMILES string of the molecule is Cl.NCC1CCCN1C(=O)c1cc([N+](=O)[O-])ccc1N. The van der Waals surface area contributed by atoms with Crippen molar-refractivity contribution in [1.82, 2.24) is 4.90 Å². The summed E-state index contributed by atoms with van der Waals surface area (Å²) in [6.07, 6.45) is 1.75. The molecular formula is C12H17ClN4O3. The second-order valence-electron chi connectivity index (χ2n) is 4.56. The van der Waals surface area contributed by atoms with Crippen LogP contribution in [0.4, 0.5) is 11.4 Å². The van der Waals surface area contributed by atoms with Gasteiger partial charge in [-0.3, -0.25) is 14.9 Å². The first kappa shape index (κ1) is 16.2. The molecule has 0 aromatic heterocycles. The van der Waals surface area contributed by atoms with Crippen molar-refractivity contribution >= 4 is 29.7 Å². The number of non-ortho nitro benzene ring substituents is 1. The zero-order valence-corrected chi connectivity index (χ0v) is 11.6. The van der Waals surface area contributed by atoms with Gasteiger partial charge in [0.25, 0.3) is 11.6 Å². The van der Waals surface area contributed by atoms with Crippen LogP contribution in [0.3, 0.4) is 0 Å². The van der Waals surface area contributed by atoms with E-state index in [0.717, 1.165) is 12.8 Å². The number of nitrogen functional groups attached to an aromatic ring is 1. The van der Waals surface area contributed by atoms with Gasteiger partial charge in [0.2, 0.25) is 0 Å². The van der Waals surface area contributed by atoms with Crippen molar-refractivity contribution in [1.29, 1.82) is 0 Å². The first-order chi connectivity index (χ1) is 9.04. The number of rotatable bonds is 3. The molecule has 110 valence electrons. The van der Waals surface area contributed by atoms with Gasteiger partial charge in [0.15, 0.2) is 0 Å².